The summed E-state index contributed by atoms with van der Waals surface area (Å²) < 4.78 is 5.26. The molecule has 0 bridgehead atoms. The zero-order chi connectivity index (χ0) is 15.4. The van der Waals surface area contributed by atoms with E-state index in [4.69, 9.17) is 4.42 Å². The largest absolute Gasteiger partial charge is 0.467 e. The Balaban J connectivity index is 1.57. The highest BCUT2D eigenvalue weighted by Crippen LogP contribution is 2.29. The summed E-state index contributed by atoms with van der Waals surface area (Å²) in [6, 6.07) is 3.71. The minimum Gasteiger partial charge on any atom is -0.467 e. The summed E-state index contributed by atoms with van der Waals surface area (Å²) in [6.45, 7) is 0.821. The van der Waals surface area contributed by atoms with E-state index in [9.17, 15) is 9.90 Å². The lowest BCUT2D eigenvalue weighted by atomic mass is 9.96. The topological polar surface area (TPSA) is 53.7 Å². The molecular formula is C18H25NO3. The first-order chi connectivity index (χ1) is 10.7. The minimum absolute atomic E-state index is 0.136. The van der Waals surface area contributed by atoms with Gasteiger partial charge in [-0.3, -0.25) is 4.79 Å². The molecule has 0 unspecified atom stereocenters. The molecule has 4 nitrogen and oxygen atoms in total. The number of nitrogens with zero attached hydrogens (tertiary/aromatic N) is 1. The van der Waals surface area contributed by atoms with Gasteiger partial charge in [-0.25, -0.2) is 0 Å². The fraction of sp³-hybridized carbons (Fsp3) is 0.611. The van der Waals surface area contributed by atoms with Gasteiger partial charge >= 0.3 is 0 Å². The molecule has 0 radical (unpaired) electrons. The Morgan fingerprint density at radius 1 is 1.41 bits per heavy atom. The summed E-state index contributed by atoms with van der Waals surface area (Å²) in [5, 5.41) is 10.2. The van der Waals surface area contributed by atoms with Gasteiger partial charge in [0, 0.05) is 25.4 Å². The van der Waals surface area contributed by atoms with Crippen molar-refractivity contribution in [3.63, 3.8) is 0 Å². The summed E-state index contributed by atoms with van der Waals surface area (Å²) >= 11 is 0. The highest BCUT2D eigenvalue weighted by atomic mass is 16.4. The van der Waals surface area contributed by atoms with Crippen molar-refractivity contribution >= 4 is 5.91 Å². The zero-order valence-corrected chi connectivity index (χ0v) is 13.0. The first-order valence-corrected chi connectivity index (χ1v) is 8.43. The molecule has 4 heteroatoms. The van der Waals surface area contributed by atoms with E-state index >= 15 is 0 Å². The second-order valence-corrected chi connectivity index (χ2v) is 6.44. The molecule has 1 saturated heterocycles. The van der Waals surface area contributed by atoms with Crippen molar-refractivity contribution in [3.8, 4) is 0 Å². The van der Waals surface area contributed by atoms with Gasteiger partial charge < -0.3 is 14.4 Å². The van der Waals surface area contributed by atoms with Gasteiger partial charge in [0.1, 0.15) is 11.9 Å². The quantitative estimate of drug-likeness (QED) is 0.846. The van der Waals surface area contributed by atoms with Gasteiger partial charge in [-0.15, -0.1) is 0 Å². The van der Waals surface area contributed by atoms with E-state index in [0.29, 0.717) is 18.6 Å². The first-order valence-electron chi connectivity index (χ1n) is 8.43. The fourth-order valence-corrected chi connectivity index (χ4v) is 3.62. The Hall–Kier alpha value is -1.55. The molecule has 1 aliphatic carbocycles. The Bertz CT molecular complexity index is 520. The molecule has 1 N–H and O–H groups in total. The Morgan fingerprint density at radius 3 is 3.05 bits per heavy atom. The van der Waals surface area contributed by atoms with E-state index in [2.05, 4.69) is 6.08 Å². The highest BCUT2D eigenvalue weighted by molar-refractivity contribution is 5.79. The number of rotatable bonds is 5. The summed E-state index contributed by atoms with van der Waals surface area (Å²) in [5.41, 5.74) is 1.30. The van der Waals surface area contributed by atoms with Gasteiger partial charge in [0.15, 0.2) is 0 Å². The number of furan rings is 1. The summed E-state index contributed by atoms with van der Waals surface area (Å²) in [4.78, 5) is 14.5. The maximum absolute atomic E-state index is 12.6. The number of allylic oxidation sites excluding steroid dienone is 1. The molecule has 3 rings (SSSR count). The van der Waals surface area contributed by atoms with Gasteiger partial charge in [0.2, 0.25) is 5.91 Å². The molecule has 1 aromatic heterocycles. The lowest BCUT2D eigenvalue weighted by Gasteiger charge is -2.27. The third-order valence-corrected chi connectivity index (χ3v) is 4.83. The van der Waals surface area contributed by atoms with Crippen molar-refractivity contribution in [1.29, 1.82) is 0 Å². The second kappa shape index (κ2) is 7.14. The van der Waals surface area contributed by atoms with Crippen LogP contribution >= 0.6 is 0 Å². The van der Waals surface area contributed by atoms with Gasteiger partial charge in [0.25, 0.3) is 0 Å². The number of aliphatic hydroxyl groups excluding tert-OH is 1. The first kappa shape index (κ1) is 15.3. The van der Waals surface area contributed by atoms with E-state index in [1.165, 1.54) is 18.4 Å². The van der Waals surface area contributed by atoms with Gasteiger partial charge in [-0.2, -0.15) is 0 Å². The lowest BCUT2D eigenvalue weighted by Crippen LogP contribution is -2.36. The van der Waals surface area contributed by atoms with Crippen LogP contribution in [0.15, 0.2) is 34.5 Å². The Morgan fingerprint density at radius 2 is 2.32 bits per heavy atom. The van der Waals surface area contributed by atoms with Crippen LogP contribution in [-0.2, 0) is 4.79 Å². The molecule has 0 aromatic carbocycles. The van der Waals surface area contributed by atoms with Crippen molar-refractivity contribution in [1.82, 2.24) is 4.90 Å². The van der Waals surface area contributed by atoms with Crippen molar-refractivity contribution in [2.45, 2.75) is 63.5 Å². The zero-order valence-electron chi connectivity index (χ0n) is 13.0. The van der Waals surface area contributed by atoms with E-state index in [0.717, 1.165) is 32.2 Å². The molecule has 120 valence electrons. The van der Waals surface area contributed by atoms with Crippen LogP contribution in [0.25, 0.3) is 0 Å². The molecule has 2 aliphatic rings. The van der Waals surface area contributed by atoms with Crippen molar-refractivity contribution in [3.05, 3.63) is 35.8 Å². The number of hydrogen-bond acceptors (Lipinski definition) is 3. The SMILES string of the molecule is O=C(CC1=CCCCC1)N1CCC[C@H]1C[C@H](O)c1ccco1. The predicted molar refractivity (Wildman–Crippen MR) is 84.2 cm³/mol. The Labute approximate surface area is 131 Å². The van der Waals surface area contributed by atoms with Crippen LogP contribution in [0.1, 0.15) is 63.2 Å². The van der Waals surface area contributed by atoms with E-state index in [1.807, 2.05) is 4.90 Å². The fourth-order valence-electron chi connectivity index (χ4n) is 3.62. The number of carbonyl (C=O) groups is 1. The third-order valence-electron chi connectivity index (χ3n) is 4.83. The van der Waals surface area contributed by atoms with Crippen LogP contribution in [-0.4, -0.2) is 28.5 Å². The van der Waals surface area contributed by atoms with Gasteiger partial charge in [-0.05, 0) is 50.7 Å². The maximum atomic E-state index is 12.6. The normalized spacial score (nSPS) is 23.4. The summed E-state index contributed by atoms with van der Waals surface area (Å²) in [5.74, 6) is 0.816. The number of carbonyl (C=O) groups excluding carboxylic acids is 1. The van der Waals surface area contributed by atoms with Gasteiger partial charge in [0.05, 0.1) is 6.26 Å². The van der Waals surface area contributed by atoms with E-state index in [-0.39, 0.29) is 11.9 Å². The smallest absolute Gasteiger partial charge is 0.226 e. The average Bonchev–Trinajstić information content (AvgIpc) is 3.19. The molecule has 0 saturated carbocycles. The molecule has 22 heavy (non-hydrogen) atoms. The summed E-state index contributed by atoms with van der Waals surface area (Å²) in [6.07, 6.45) is 11.0. The van der Waals surface area contributed by atoms with Crippen molar-refractivity contribution in [2.75, 3.05) is 6.54 Å². The highest BCUT2D eigenvalue weighted by Gasteiger charge is 2.31. The van der Waals surface area contributed by atoms with E-state index in [1.54, 1.807) is 18.4 Å². The summed E-state index contributed by atoms with van der Waals surface area (Å²) in [7, 11) is 0. The molecule has 1 aliphatic heterocycles. The molecular weight excluding hydrogens is 278 g/mol. The van der Waals surface area contributed by atoms with E-state index < -0.39 is 6.10 Å². The number of likely N-dealkylation sites (tertiary alicyclic amines) is 1. The molecule has 2 heterocycles. The molecule has 1 aromatic rings. The number of amides is 1. The van der Waals surface area contributed by atoms with Crippen molar-refractivity contribution < 1.29 is 14.3 Å². The molecule has 0 spiro atoms. The monoisotopic (exact) mass is 303 g/mol. The minimum atomic E-state index is -0.623. The maximum Gasteiger partial charge on any atom is 0.226 e. The second-order valence-electron chi connectivity index (χ2n) is 6.44. The van der Waals surface area contributed by atoms with Gasteiger partial charge in [-0.1, -0.05) is 11.6 Å². The van der Waals surface area contributed by atoms with Crippen LogP contribution in [0.3, 0.4) is 0 Å². The van der Waals surface area contributed by atoms with Crippen LogP contribution in [0.4, 0.5) is 0 Å². The number of hydrogen-bond donors (Lipinski definition) is 1. The van der Waals surface area contributed by atoms with Crippen LogP contribution in [0.2, 0.25) is 0 Å². The molecule has 1 fully saturated rings. The lowest BCUT2D eigenvalue weighted by molar-refractivity contribution is -0.131. The predicted octanol–water partition coefficient (Wildman–Crippen LogP) is 3.58. The standard InChI is InChI=1S/C18H25NO3/c20-16(17-9-5-11-22-17)13-15-8-4-10-19(15)18(21)12-14-6-2-1-3-7-14/h5-6,9,11,15-16,20H,1-4,7-8,10,12-13H2/t15-,16-/m0/s1. The van der Waals surface area contributed by atoms with Crippen molar-refractivity contribution in [2.24, 2.45) is 0 Å². The van der Waals surface area contributed by atoms with Crippen LogP contribution < -0.4 is 0 Å². The molecule has 2 atom stereocenters. The average molecular weight is 303 g/mol. The third kappa shape index (κ3) is 3.61. The molecule has 1 amide bonds. The Kier molecular flexibility index (Phi) is 4.98. The van der Waals surface area contributed by atoms with Crippen LogP contribution in [0, 0.1) is 0 Å². The van der Waals surface area contributed by atoms with Crippen LogP contribution in [0.5, 0.6) is 0 Å². The number of aliphatic hydroxyl groups is 1.